The van der Waals surface area contributed by atoms with Crippen LogP contribution in [0.25, 0.3) is 0 Å². The fourth-order valence-corrected chi connectivity index (χ4v) is 4.05. The number of benzene rings is 3. The molecule has 1 aliphatic heterocycles. The molecule has 1 aliphatic rings. The number of nitrogens with zero attached hydrogens (tertiary/aromatic N) is 1. The number of nitrogens with one attached hydrogen (secondary N) is 2. The number of carbonyl (C=O) groups is 2. The van der Waals surface area contributed by atoms with E-state index in [1.807, 2.05) is 42.5 Å². The van der Waals surface area contributed by atoms with Gasteiger partial charge in [-0.05, 0) is 54.7 Å². The molecule has 6 nitrogen and oxygen atoms in total. The predicted molar refractivity (Wildman–Crippen MR) is 125 cm³/mol. The maximum absolute atomic E-state index is 12.6. The summed E-state index contributed by atoms with van der Waals surface area (Å²) in [5, 5.41) is 5.71. The summed E-state index contributed by atoms with van der Waals surface area (Å²) in [4.78, 5) is 26.5. The topological polar surface area (TPSA) is 87.5 Å². The van der Waals surface area contributed by atoms with Gasteiger partial charge < -0.3 is 21.3 Å². The highest BCUT2D eigenvalue weighted by molar-refractivity contribution is 6.03. The lowest BCUT2D eigenvalue weighted by Crippen LogP contribution is -2.34. The number of primary amides is 1. The summed E-state index contributed by atoms with van der Waals surface area (Å²) < 4.78 is 0. The van der Waals surface area contributed by atoms with Crippen LogP contribution in [0.5, 0.6) is 0 Å². The van der Waals surface area contributed by atoms with E-state index in [0.29, 0.717) is 22.9 Å². The largest absolute Gasteiger partial charge is 0.370 e. The molecule has 1 saturated heterocycles. The zero-order chi connectivity index (χ0) is 21.6. The summed E-state index contributed by atoms with van der Waals surface area (Å²) in [5.74, 6) is 0.000912. The minimum absolute atomic E-state index is 0.359. The first-order valence-electron chi connectivity index (χ1n) is 10.5. The van der Waals surface area contributed by atoms with Gasteiger partial charge >= 0.3 is 6.03 Å². The summed E-state index contributed by atoms with van der Waals surface area (Å²) in [6.07, 6.45) is 2.05. The Labute approximate surface area is 182 Å². The quantitative estimate of drug-likeness (QED) is 0.560. The first-order chi connectivity index (χ1) is 15.1. The maximum atomic E-state index is 12.6. The normalized spacial score (nSPS) is 14.1. The lowest BCUT2D eigenvalue weighted by molar-refractivity contribution is 0.100. The van der Waals surface area contributed by atoms with E-state index < -0.39 is 5.91 Å². The summed E-state index contributed by atoms with van der Waals surface area (Å²) in [5.41, 5.74) is 9.35. The molecule has 1 heterocycles. The van der Waals surface area contributed by atoms with E-state index in [2.05, 4.69) is 39.8 Å². The van der Waals surface area contributed by atoms with E-state index >= 15 is 0 Å². The predicted octanol–water partition coefficient (Wildman–Crippen LogP) is 4.81. The second kappa shape index (κ2) is 9.34. The minimum atomic E-state index is -0.527. The molecule has 4 rings (SSSR count). The Morgan fingerprint density at radius 1 is 0.839 bits per heavy atom. The molecular weight excluding hydrogens is 388 g/mol. The van der Waals surface area contributed by atoms with Crippen molar-refractivity contribution >= 4 is 29.0 Å². The summed E-state index contributed by atoms with van der Waals surface area (Å²) >= 11 is 0. The van der Waals surface area contributed by atoms with Gasteiger partial charge in [0.1, 0.15) is 0 Å². The first kappa shape index (κ1) is 20.5. The van der Waals surface area contributed by atoms with Crippen molar-refractivity contribution in [3.05, 3.63) is 90.0 Å². The molecule has 0 aromatic heterocycles. The van der Waals surface area contributed by atoms with Gasteiger partial charge in [0.25, 0.3) is 0 Å². The van der Waals surface area contributed by atoms with Gasteiger partial charge in [0.05, 0.1) is 11.4 Å². The van der Waals surface area contributed by atoms with Crippen LogP contribution in [0.1, 0.15) is 34.7 Å². The van der Waals surface area contributed by atoms with Crippen LogP contribution in [-0.4, -0.2) is 25.0 Å². The fraction of sp³-hybridized carbons (Fsp3) is 0.200. The summed E-state index contributed by atoms with van der Waals surface area (Å²) in [7, 11) is 0. The Morgan fingerprint density at radius 2 is 1.48 bits per heavy atom. The fourth-order valence-electron chi connectivity index (χ4n) is 4.05. The molecule has 1 fully saturated rings. The average molecular weight is 415 g/mol. The Kier molecular flexibility index (Phi) is 6.17. The van der Waals surface area contributed by atoms with Gasteiger partial charge in [-0.3, -0.25) is 4.79 Å². The molecule has 4 N–H and O–H groups in total. The van der Waals surface area contributed by atoms with E-state index in [0.717, 1.165) is 31.6 Å². The van der Waals surface area contributed by atoms with E-state index in [4.69, 9.17) is 5.73 Å². The maximum Gasteiger partial charge on any atom is 0.323 e. The van der Waals surface area contributed by atoms with Gasteiger partial charge in [0, 0.05) is 24.3 Å². The Hall–Kier alpha value is -3.80. The Bertz CT molecular complexity index is 1050. The number of hydrogen-bond donors (Lipinski definition) is 3. The van der Waals surface area contributed by atoms with E-state index in [-0.39, 0.29) is 6.03 Å². The molecule has 0 unspecified atom stereocenters. The lowest BCUT2D eigenvalue weighted by atomic mass is 9.89. The SMILES string of the molecule is NC(=O)c1ccc(N2CCC(c3ccccc3)CC2)c(NC(=O)Nc2ccccc2)c1. The van der Waals surface area contributed by atoms with Gasteiger partial charge in [-0.15, -0.1) is 0 Å². The zero-order valence-corrected chi connectivity index (χ0v) is 17.3. The molecule has 0 aliphatic carbocycles. The van der Waals surface area contributed by atoms with Gasteiger partial charge in [0.2, 0.25) is 5.91 Å². The van der Waals surface area contributed by atoms with Crippen molar-refractivity contribution in [2.45, 2.75) is 18.8 Å². The zero-order valence-electron chi connectivity index (χ0n) is 17.3. The monoisotopic (exact) mass is 414 g/mol. The van der Waals surface area contributed by atoms with Crippen LogP contribution < -0.4 is 21.3 Å². The van der Waals surface area contributed by atoms with Crippen molar-refractivity contribution in [1.82, 2.24) is 0 Å². The van der Waals surface area contributed by atoms with Gasteiger partial charge in [-0.1, -0.05) is 48.5 Å². The van der Waals surface area contributed by atoms with E-state index in [9.17, 15) is 9.59 Å². The van der Waals surface area contributed by atoms with Crippen molar-refractivity contribution in [3.63, 3.8) is 0 Å². The van der Waals surface area contributed by atoms with Crippen molar-refractivity contribution < 1.29 is 9.59 Å². The van der Waals surface area contributed by atoms with Crippen LogP contribution in [0.3, 0.4) is 0 Å². The van der Waals surface area contributed by atoms with Crippen LogP contribution in [0.2, 0.25) is 0 Å². The molecule has 0 saturated carbocycles. The number of anilines is 3. The molecule has 3 aromatic carbocycles. The van der Waals surface area contributed by atoms with Gasteiger partial charge in [-0.25, -0.2) is 4.79 Å². The Morgan fingerprint density at radius 3 is 2.13 bits per heavy atom. The molecule has 6 heteroatoms. The third kappa shape index (κ3) is 5.04. The second-order valence-corrected chi connectivity index (χ2v) is 7.71. The highest BCUT2D eigenvalue weighted by Gasteiger charge is 2.23. The molecule has 31 heavy (non-hydrogen) atoms. The van der Waals surface area contributed by atoms with Crippen molar-refractivity contribution in [3.8, 4) is 0 Å². The molecule has 0 bridgehead atoms. The lowest BCUT2D eigenvalue weighted by Gasteiger charge is -2.35. The second-order valence-electron chi connectivity index (χ2n) is 7.71. The van der Waals surface area contributed by atoms with Crippen LogP contribution in [0.15, 0.2) is 78.9 Å². The van der Waals surface area contributed by atoms with Crippen molar-refractivity contribution in [1.29, 1.82) is 0 Å². The summed E-state index contributed by atoms with van der Waals surface area (Å²) in [6.45, 7) is 1.73. The number of urea groups is 1. The molecule has 3 amide bonds. The Balaban J connectivity index is 1.50. The average Bonchev–Trinajstić information content (AvgIpc) is 2.80. The minimum Gasteiger partial charge on any atom is -0.370 e. The van der Waals surface area contributed by atoms with Crippen LogP contribution in [0.4, 0.5) is 21.9 Å². The number of amides is 3. The third-order valence-electron chi connectivity index (χ3n) is 5.67. The number of rotatable bonds is 5. The van der Waals surface area contributed by atoms with Crippen molar-refractivity contribution in [2.75, 3.05) is 28.6 Å². The number of para-hydroxylation sites is 1. The molecule has 158 valence electrons. The standard InChI is InChI=1S/C25H26N4O2/c26-24(30)20-11-12-23(22(17-20)28-25(31)27-21-9-5-2-6-10-21)29-15-13-19(14-16-29)18-7-3-1-4-8-18/h1-12,17,19H,13-16H2,(H2,26,30)(H2,27,28,31). The highest BCUT2D eigenvalue weighted by Crippen LogP contribution is 2.34. The molecule has 0 atom stereocenters. The molecule has 3 aromatic rings. The van der Waals surface area contributed by atoms with Crippen LogP contribution >= 0.6 is 0 Å². The van der Waals surface area contributed by atoms with Gasteiger partial charge in [0.15, 0.2) is 0 Å². The molecule has 0 radical (unpaired) electrons. The summed E-state index contributed by atoms with van der Waals surface area (Å²) in [6, 6.07) is 24.6. The highest BCUT2D eigenvalue weighted by atomic mass is 16.2. The van der Waals surface area contributed by atoms with E-state index in [1.165, 1.54) is 5.56 Å². The van der Waals surface area contributed by atoms with Crippen molar-refractivity contribution in [2.24, 2.45) is 5.73 Å². The van der Waals surface area contributed by atoms with Gasteiger partial charge in [-0.2, -0.15) is 0 Å². The number of piperidine rings is 1. The number of nitrogens with two attached hydrogens (primary N) is 1. The van der Waals surface area contributed by atoms with E-state index in [1.54, 1.807) is 12.1 Å². The first-order valence-corrected chi connectivity index (χ1v) is 10.5. The van der Waals surface area contributed by atoms with Crippen LogP contribution in [-0.2, 0) is 0 Å². The van der Waals surface area contributed by atoms with Crippen LogP contribution in [0, 0.1) is 0 Å². The smallest absolute Gasteiger partial charge is 0.323 e. The number of carbonyl (C=O) groups excluding carboxylic acids is 2. The molecule has 0 spiro atoms. The third-order valence-corrected chi connectivity index (χ3v) is 5.67. The number of hydrogen-bond acceptors (Lipinski definition) is 3. The molecular formula is C25H26N4O2.